The van der Waals surface area contributed by atoms with E-state index in [4.69, 9.17) is 10.7 Å². The van der Waals surface area contributed by atoms with Gasteiger partial charge in [-0.3, -0.25) is 0 Å². The fourth-order valence-electron chi connectivity index (χ4n) is 1.42. The van der Waals surface area contributed by atoms with Crippen LogP contribution in [0.4, 0.5) is 5.13 Å². The highest BCUT2D eigenvalue weighted by Crippen LogP contribution is 2.30. The van der Waals surface area contributed by atoms with Gasteiger partial charge in [-0.1, -0.05) is 11.3 Å². The summed E-state index contributed by atoms with van der Waals surface area (Å²) in [5.41, 5.74) is 0. The van der Waals surface area contributed by atoms with Crippen LogP contribution in [-0.2, 0) is 9.05 Å². The van der Waals surface area contributed by atoms with Crippen LogP contribution < -0.4 is 4.90 Å². The number of halogens is 1. The van der Waals surface area contributed by atoms with Crippen LogP contribution in [0.2, 0.25) is 0 Å². The van der Waals surface area contributed by atoms with E-state index >= 15 is 0 Å². The van der Waals surface area contributed by atoms with E-state index in [9.17, 15) is 8.42 Å². The fourth-order valence-corrected chi connectivity index (χ4v) is 3.32. The quantitative estimate of drug-likeness (QED) is 0.752. The van der Waals surface area contributed by atoms with Crippen LogP contribution in [0.1, 0.15) is 12.8 Å². The highest BCUT2D eigenvalue weighted by atomic mass is 35.7. The molecule has 4 nitrogen and oxygen atoms in total. The zero-order chi connectivity index (χ0) is 10.2. The van der Waals surface area contributed by atoms with Gasteiger partial charge >= 0.3 is 0 Å². The van der Waals surface area contributed by atoms with Gasteiger partial charge in [0.05, 0.1) is 6.20 Å². The van der Waals surface area contributed by atoms with Crippen molar-refractivity contribution in [3.05, 3.63) is 6.20 Å². The minimum atomic E-state index is -3.61. The molecule has 0 atom stereocenters. The summed E-state index contributed by atoms with van der Waals surface area (Å²) in [4.78, 5) is 6.13. The predicted octanol–water partition coefficient (Wildman–Crippen LogP) is 1.67. The molecule has 14 heavy (non-hydrogen) atoms. The fraction of sp³-hybridized carbons (Fsp3) is 0.571. The Morgan fingerprint density at radius 1 is 1.43 bits per heavy atom. The standard InChI is InChI=1S/C7H9ClN2O2S2/c8-14(11,12)6-5-9-7(13-6)10-3-1-2-4-10/h5H,1-4H2. The first-order chi connectivity index (χ1) is 6.57. The van der Waals surface area contributed by atoms with Crippen LogP contribution in [0.5, 0.6) is 0 Å². The molecule has 0 N–H and O–H groups in total. The SMILES string of the molecule is O=S(=O)(Cl)c1cnc(N2CCCC2)s1. The lowest BCUT2D eigenvalue weighted by molar-refractivity contribution is 0.611. The predicted molar refractivity (Wildman–Crippen MR) is 56.6 cm³/mol. The van der Waals surface area contributed by atoms with Gasteiger partial charge in [0.15, 0.2) is 9.34 Å². The Balaban J connectivity index is 2.25. The van der Waals surface area contributed by atoms with Gasteiger partial charge in [-0.25, -0.2) is 13.4 Å². The summed E-state index contributed by atoms with van der Waals surface area (Å²) in [7, 11) is 1.59. The molecular formula is C7H9ClN2O2S2. The Morgan fingerprint density at radius 2 is 2.07 bits per heavy atom. The Kier molecular flexibility index (Phi) is 2.68. The third-order valence-electron chi connectivity index (χ3n) is 2.09. The van der Waals surface area contributed by atoms with Crippen molar-refractivity contribution in [2.45, 2.75) is 17.1 Å². The first-order valence-corrected chi connectivity index (χ1v) is 7.35. The molecule has 0 spiro atoms. The van der Waals surface area contributed by atoms with E-state index in [0.29, 0.717) is 0 Å². The summed E-state index contributed by atoms with van der Waals surface area (Å²) in [6.07, 6.45) is 3.60. The molecule has 1 saturated heterocycles. The van der Waals surface area contributed by atoms with Gasteiger partial charge in [0, 0.05) is 23.8 Å². The van der Waals surface area contributed by atoms with Gasteiger partial charge < -0.3 is 4.90 Å². The highest BCUT2D eigenvalue weighted by molar-refractivity contribution is 8.15. The number of hydrogen-bond acceptors (Lipinski definition) is 5. The average molecular weight is 253 g/mol. The van der Waals surface area contributed by atoms with Crippen molar-refractivity contribution in [2.24, 2.45) is 0 Å². The molecule has 0 aromatic carbocycles. The van der Waals surface area contributed by atoms with E-state index in [0.717, 1.165) is 42.4 Å². The molecule has 0 unspecified atom stereocenters. The lowest BCUT2D eigenvalue weighted by Gasteiger charge is -2.11. The molecule has 2 rings (SSSR count). The second kappa shape index (κ2) is 3.67. The molecule has 1 aromatic heterocycles. The summed E-state index contributed by atoms with van der Waals surface area (Å²) >= 11 is 1.13. The number of thiazole rings is 1. The third-order valence-corrected chi connectivity index (χ3v) is 5.21. The summed E-state index contributed by atoms with van der Waals surface area (Å²) in [5, 5.41) is 0.752. The molecule has 0 radical (unpaired) electrons. The summed E-state index contributed by atoms with van der Waals surface area (Å²) in [5.74, 6) is 0. The molecule has 1 fully saturated rings. The molecule has 0 amide bonds. The van der Waals surface area contributed by atoms with E-state index in [1.807, 2.05) is 0 Å². The first kappa shape index (κ1) is 10.2. The minimum Gasteiger partial charge on any atom is -0.348 e. The highest BCUT2D eigenvalue weighted by Gasteiger charge is 2.19. The normalized spacial score (nSPS) is 17.6. The van der Waals surface area contributed by atoms with Crippen LogP contribution in [-0.4, -0.2) is 26.5 Å². The van der Waals surface area contributed by atoms with Crippen molar-refractivity contribution >= 4 is 36.2 Å². The monoisotopic (exact) mass is 252 g/mol. The Hall–Kier alpha value is -0.330. The average Bonchev–Trinajstić information content (AvgIpc) is 2.73. The third kappa shape index (κ3) is 2.02. The Bertz CT molecular complexity index is 423. The van der Waals surface area contributed by atoms with Gasteiger partial charge in [0.25, 0.3) is 9.05 Å². The Morgan fingerprint density at radius 3 is 2.57 bits per heavy atom. The maximum absolute atomic E-state index is 11.0. The van der Waals surface area contributed by atoms with Gasteiger partial charge in [-0.15, -0.1) is 0 Å². The first-order valence-electron chi connectivity index (χ1n) is 4.23. The Labute approximate surface area is 90.9 Å². The number of rotatable bonds is 2. The second-order valence-electron chi connectivity index (χ2n) is 3.09. The van der Waals surface area contributed by atoms with Crippen molar-refractivity contribution in [3.63, 3.8) is 0 Å². The van der Waals surface area contributed by atoms with E-state index in [1.165, 1.54) is 6.20 Å². The summed E-state index contributed by atoms with van der Waals surface area (Å²) in [6.45, 7) is 1.91. The van der Waals surface area contributed by atoms with Crippen LogP contribution in [0.15, 0.2) is 10.4 Å². The van der Waals surface area contributed by atoms with Gasteiger partial charge in [-0.2, -0.15) is 0 Å². The lowest BCUT2D eigenvalue weighted by Crippen LogP contribution is -2.16. The molecule has 0 saturated carbocycles. The van der Waals surface area contributed by atoms with E-state index in [2.05, 4.69) is 9.88 Å². The van der Waals surface area contributed by atoms with Crippen molar-refractivity contribution in [1.29, 1.82) is 0 Å². The molecule has 7 heteroatoms. The van der Waals surface area contributed by atoms with Crippen molar-refractivity contribution < 1.29 is 8.42 Å². The minimum absolute atomic E-state index is 0.126. The maximum atomic E-state index is 11.0. The number of hydrogen-bond donors (Lipinski definition) is 0. The maximum Gasteiger partial charge on any atom is 0.272 e. The molecule has 78 valence electrons. The molecule has 0 aliphatic carbocycles. The molecule has 1 aliphatic rings. The summed E-state index contributed by atoms with van der Waals surface area (Å²) < 4.78 is 22.1. The zero-order valence-corrected chi connectivity index (χ0v) is 9.70. The number of anilines is 1. The number of nitrogens with zero attached hydrogens (tertiary/aromatic N) is 2. The van der Waals surface area contributed by atoms with Crippen LogP contribution in [0, 0.1) is 0 Å². The van der Waals surface area contributed by atoms with E-state index in [1.54, 1.807) is 0 Å². The van der Waals surface area contributed by atoms with Crippen LogP contribution >= 0.6 is 22.0 Å². The molecular weight excluding hydrogens is 244 g/mol. The molecule has 1 aliphatic heterocycles. The van der Waals surface area contributed by atoms with Crippen LogP contribution in [0.3, 0.4) is 0 Å². The van der Waals surface area contributed by atoms with Gasteiger partial charge in [-0.05, 0) is 12.8 Å². The lowest BCUT2D eigenvalue weighted by atomic mass is 10.4. The van der Waals surface area contributed by atoms with E-state index < -0.39 is 9.05 Å². The smallest absolute Gasteiger partial charge is 0.272 e. The van der Waals surface area contributed by atoms with Crippen molar-refractivity contribution in [2.75, 3.05) is 18.0 Å². The second-order valence-corrected chi connectivity index (χ2v) is 6.90. The van der Waals surface area contributed by atoms with E-state index in [-0.39, 0.29) is 4.21 Å². The van der Waals surface area contributed by atoms with Gasteiger partial charge in [0.2, 0.25) is 0 Å². The van der Waals surface area contributed by atoms with Crippen molar-refractivity contribution in [1.82, 2.24) is 4.98 Å². The molecule has 2 heterocycles. The largest absolute Gasteiger partial charge is 0.348 e. The number of aromatic nitrogens is 1. The zero-order valence-electron chi connectivity index (χ0n) is 7.31. The topological polar surface area (TPSA) is 50.3 Å². The van der Waals surface area contributed by atoms with Gasteiger partial charge in [0.1, 0.15) is 0 Å². The van der Waals surface area contributed by atoms with Crippen LogP contribution in [0.25, 0.3) is 0 Å². The van der Waals surface area contributed by atoms with Crippen molar-refractivity contribution in [3.8, 4) is 0 Å². The summed E-state index contributed by atoms with van der Waals surface area (Å²) in [6, 6.07) is 0. The molecule has 0 bridgehead atoms. The molecule has 1 aromatic rings.